The van der Waals surface area contributed by atoms with Crippen molar-refractivity contribution in [3.63, 3.8) is 0 Å². The van der Waals surface area contributed by atoms with E-state index in [-0.39, 0.29) is 29.9 Å². The van der Waals surface area contributed by atoms with Crippen molar-refractivity contribution in [2.24, 2.45) is 0 Å². The van der Waals surface area contributed by atoms with Gasteiger partial charge >= 0.3 is 0 Å². The molecule has 0 fully saturated rings. The van der Waals surface area contributed by atoms with Gasteiger partial charge in [0.15, 0.2) is 0 Å². The first-order valence-corrected chi connectivity index (χ1v) is 14.5. The van der Waals surface area contributed by atoms with Crippen LogP contribution in [-0.4, -0.2) is 4.57 Å². The SMILES string of the molecule is Cc1ccc(C(C)c2n(-c3c(C(C)C)cccc3C(C)C)cc[n+]2-c2c(C(C)C)cccc2C(C)C)cc1.[I-]. The van der Waals surface area contributed by atoms with Crippen LogP contribution in [0.1, 0.15) is 131 Å². The minimum absolute atomic E-state index is 0. The quantitative estimate of drug-likeness (QED) is 0.151. The lowest BCUT2D eigenvalue weighted by Crippen LogP contribution is -3.00. The van der Waals surface area contributed by atoms with Crippen molar-refractivity contribution in [2.45, 2.75) is 98.8 Å². The van der Waals surface area contributed by atoms with Gasteiger partial charge in [-0.25, -0.2) is 0 Å². The molecule has 0 aliphatic rings. The Morgan fingerprint density at radius 1 is 0.590 bits per heavy atom. The predicted octanol–water partition coefficient (Wildman–Crippen LogP) is 6.71. The standard InChI is InChI=1S/C36H47N2.HI/c1-23(2)30-13-11-14-31(24(3)4)34(30)37-21-22-38(36(37)28(10)29-19-17-27(9)18-20-29)35-32(25(5)6)15-12-16-33(35)26(7)8;/h11-26,28H,1-10H3;1H/q+1;/p-1. The van der Waals surface area contributed by atoms with Gasteiger partial charge in [-0.3, -0.25) is 0 Å². The third kappa shape index (κ3) is 6.19. The van der Waals surface area contributed by atoms with Crippen molar-refractivity contribution in [2.75, 3.05) is 0 Å². The molecular formula is C36H47IN2. The van der Waals surface area contributed by atoms with Crippen LogP contribution in [0.3, 0.4) is 0 Å². The van der Waals surface area contributed by atoms with Crippen LogP contribution >= 0.6 is 0 Å². The van der Waals surface area contributed by atoms with E-state index in [2.05, 4.69) is 151 Å². The molecule has 4 rings (SSSR count). The summed E-state index contributed by atoms with van der Waals surface area (Å²) in [5.41, 5.74) is 10.9. The number of para-hydroxylation sites is 2. The minimum atomic E-state index is 0. The molecule has 0 bridgehead atoms. The fraction of sp³-hybridized carbons (Fsp3) is 0.417. The van der Waals surface area contributed by atoms with Crippen LogP contribution in [-0.2, 0) is 0 Å². The molecule has 3 aromatic carbocycles. The minimum Gasteiger partial charge on any atom is -1.00 e. The topological polar surface area (TPSA) is 8.81 Å². The second kappa shape index (κ2) is 12.8. The summed E-state index contributed by atoms with van der Waals surface area (Å²) < 4.78 is 5.02. The number of imidazole rings is 1. The number of aryl methyl sites for hydroxylation is 1. The molecule has 1 atom stereocenters. The fourth-order valence-electron chi connectivity index (χ4n) is 5.78. The Hall–Kier alpha value is -2.40. The first kappa shape index (κ1) is 31.1. The number of nitrogens with zero attached hydrogens (tertiary/aromatic N) is 2. The second-order valence-corrected chi connectivity index (χ2v) is 12.2. The highest BCUT2D eigenvalue weighted by Gasteiger charge is 2.33. The first-order valence-electron chi connectivity index (χ1n) is 14.5. The summed E-state index contributed by atoms with van der Waals surface area (Å²) in [6.45, 7) is 23.0. The van der Waals surface area contributed by atoms with E-state index in [1.165, 1.54) is 50.6 Å². The van der Waals surface area contributed by atoms with Gasteiger partial charge in [0.2, 0.25) is 0 Å². The van der Waals surface area contributed by atoms with Crippen molar-refractivity contribution in [1.29, 1.82) is 0 Å². The predicted molar refractivity (Wildman–Crippen MR) is 162 cm³/mol. The van der Waals surface area contributed by atoms with E-state index in [1.54, 1.807) is 0 Å². The maximum absolute atomic E-state index is 2.51. The number of hydrogen-bond acceptors (Lipinski definition) is 0. The highest BCUT2D eigenvalue weighted by atomic mass is 127. The molecule has 0 radical (unpaired) electrons. The van der Waals surface area contributed by atoms with Crippen LogP contribution in [0.25, 0.3) is 11.4 Å². The number of aromatic nitrogens is 2. The largest absolute Gasteiger partial charge is 1.00 e. The van der Waals surface area contributed by atoms with Crippen LogP contribution in [0.5, 0.6) is 0 Å². The summed E-state index contributed by atoms with van der Waals surface area (Å²) in [7, 11) is 0. The molecule has 39 heavy (non-hydrogen) atoms. The molecule has 1 aromatic heterocycles. The molecule has 0 N–H and O–H groups in total. The second-order valence-electron chi connectivity index (χ2n) is 12.2. The number of halogens is 1. The molecule has 208 valence electrons. The Labute approximate surface area is 254 Å². The van der Waals surface area contributed by atoms with Crippen LogP contribution in [0, 0.1) is 6.92 Å². The zero-order chi connectivity index (χ0) is 27.7. The van der Waals surface area contributed by atoms with Gasteiger partial charge in [0.1, 0.15) is 23.8 Å². The average molecular weight is 635 g/mol. The molecule has 0 aliphatic carbocycles. The summed E-state index contributed by atoms with van der Waals surface area (Å²) in [6.07, 6.45) is 4.63. The van der Waals surface area contributed by atoms with Gasteiger partial charge < -0.3 is 24.0 Å². The Balaban J connectivity index is 0.00000420. The molecule has 3 heteroatoms. The third-order valence-electron chi connectivity index (χ3n) is 7.99. The molecule has 0 aliphatic heterocycles. The smallest absolute Gasteiger partial charge is 0.274 e. The van der Waals surface area contributed by atoms with Crippen molar-refractivity contribution >= 4 is 0 Å². The highest BCUT2D eigenvalue weighted by molar-refractivity contribution is 5.53. The van der Waals surface area contributed by atoms with Crippen LogP contribution in [0.15, 0.2) is 73.1 Å². The van der Waals surface area contributed by atoms with E-state index < -0.39 is 0 Å². The Bertz CT molecular complexity index is 1260. The molecule has 0 amide bonds. The molecule has 0 saturated heterocycles. The summed E-state index contributed by atoms with van der Waals surface area (Å²) in [5.74, 6) is 3.21. The lowest BCUT2D eigenvalue weighted by Gasteiger charge is -2.22. The average Bonchev–Trinajstić information content (AvgIpc) is 3.32. The van der Waals surface area contributed by atoms with E-state index >= 15 is 0 Å². The maximum atomic E-state index is 2.51. The van der Waals surface area contributed by atoms with Crippen LogP contribution in [0.4, 0.5) is 0 Å². The van der Waals surface area contributed by atoms with Crippen molar-refractivity contribution < 1.29 is 28.5 Å². The zero-order valence-electron chi connectivity index (χ0n) is 25.6. The van der Waals surface area contributed by atoms with Crippen molar-refractivity contribution in [3.05, 3.63) is 112 Å². The van der Waals surface area contributed by atoms with Crippen LogP contribution < -0.4 is 28.5 Å². The first-order chi connectivity index (χ1) is 18.0. The van der Waals surface area contributed by atoms with Crippen molar-refractivity contribution in [3.8, 4) is 11.4 Å². The normalized spacial score (nSPS) is 12.5. The van der Waals surface area contributed by atoms with Gasteiger partial charge in [-0.1, -0.05) is 122 Å². The molecule has 2 nitrogen and oxygen atoms in total. The van der Waals surface area contributed by atoms with Gasteiger partial charge in [0, 0.05) is 22.3 Å². The lowest BCUT2D eigenvalue weighted by atomic mass is 9.91. The molecule has 1 heterocycles. The van der Waals surface area contributed by atoms with Gasteiger partial charge in [-0.15, -0.1) is 0 Å². The maximum Gasteiger partial charge on any atom is 0.274 e. The molecule has 4 aromatic rings. The molecule has 0 spiro atoms. The Morgan fingerprint density at radius 2 is 1.03 bits per heavy atom. The van der Waals surface area contributed by atoms with E-state index in [9.17, 15) is 0 Å². The zero-order valence-corrected chi connectivity index (χ0v) is 27.7. The van der Waals surface area contributed by atoms with Crippen LogP contribution in [0.2, 0.25) is 0 Å². The van der Waals surface area contributed by atoms with Crippen molar-refractivity contribution in [1.82, 2.24) is 4.57 Å². The fourth-order valence-corrected chi connectivity index (χ4v) is 5.78. The van der Waals surface area contributed by atoms with Gasteiger partial charge in [-0.05, 0) is 43.1 Å². The van der Waals surface area contributed by atoms with Gasteiger partial charge in [0.05, 0.1) is 5.92 Å². The molecule has 1 unspecified atom stereocenters. The highest BCUT2D eigenvalue weighted by Crippen LogP contribution is 2.36. The summed E-state index contributed by atoms with van der Waals surface area (Å²) in [5, 5.41) is 0. The number of hydrogen-bond donors (Lipinski definition) is 0. The van der Waals surface area contributed by atoms with Gasteiger partial charge in [0.25, 0.3) is 5.82 Å². The van der Waals surface area contributed by atoms with E-state index in [4.69, 9.17) is 0 Å². The monoisotopic (exact) mass is 634 g/mol. The number of benzene rings is 3. The van der Waals surface area contributed by atoms with Gasteiger partial charge in [-0.2, -0.15) is 9.13 Å². The Kier molecular flexibility index (Phi) is 10.3. The van der Waals surface area contributed by atoms with E-state index in [0.717, 1.165) is 0 Å². The molecule has 0 saturated carbocycles. The summed E-state index contributed by atoms with van der Waals surface area (Å²) >= 11 is 0. The van der Waals surface area contributed by atoms with E-state index in [0.29, 0.717) is 23.7 Å². The third-order valence-corrected chi connectivity index (χ3v) is 7.99. The summed E-state index contributed by atoms with van der Waals surface area (Å²) in [4.78, 5) is 0. The Morgan fingerprint density at radius 3 is 1.46 bits per heavy atom. The lowest BCUT2D eigenvalue weighted by molar-refractivity contribution is -0.605. The number of rotatable bonds is 8. The molecular weight excluding hydrogens is 587 g/mol. The summed E-state index contributed by atoms with van der Waals surface area (Å²) in [6, 6.07) is 22.8. The van der Waals surface area contributed by atoms with E-state index in [1.807, 2.05) is 0 Å².